The summed E-state index contributed by atoms with van der Waals surface area (Å²) in [5.41, 5.74) is 0.277. The number of ketones is 1. The second kappa shape index (κ2) is 7.42. The number of carbonyl (C=O) groups excluding carboxylic acids is 2. The molecule has 2 atom stereocenters. The van der Waals surface area contributed by atoms with Crippen molar-refractivity contribution in [2.45, 2.75) is 39.7 Å². The second-order valence-electron chi connectivity index (χ2n) is 6.34. The van der Waals surface area contributed by atoms with Crippen LogP contribution in [0.5, 0.6) is 0 Å². The van der Waals surface area contributed by atoms with Crippen molar-refractivity contribution in [1.29, 1.82) is 0 Å². The summed E-state index contributed by atoms with van der Waals surface area (Å²) in [6.45, 7) is 6.33. The summed E-state index contributed by atoms with van der Waals surface area (Å²) in [6.07, 6.45) is -0.367. The molecule has 2 unspecified atom stereocenters. The highest BCUT2D eigenvalue weighted by atomic mass is 16.6. The van der Waals surface area contributed by atoms with E-state index in [0.717, 1.165) is 5.39 Å². The molecule has 6 nitrogen and oxygen atoms in total. The van der Waals surface area contributed by atoms with E-state index >= 15 is 0 Å². The van der Waals surface area contributed by atoms with Gasteiger partial charge in [-0.3, -0.25) is 19.7 Å². The third-order valence-corrected chi connectivity index (χ3v) is 4.15. The minimum Gasteiger partial charge on any atom is -0.462 e. The fraction of sp³-hybridized carbons (Fsp3) is 0.368. The number of esters is 1. The van der Waals surface area contributed by atoms with E-state index in [0.29, 0.717) is 10.9 Å². The molecule has 6 heteroatoms. The highest BCUT2D eigenvalue weighted by Gasteiger charge is 2.36. The van der Waals surface area contributed by atoms with E-state index in [1.807, 2.05) is 0 Å². The van der Waals surface area contributed by atoms with Crippen molar-refractivity contribution in [1.82, 2.24) is 0 Å². The first kappa shape index (κ1) is 18.6. The Bertz CT molecular complexity index is 828. The van der Waals surface area contributed by atoms with E-state index in [9.17, 15) is 19.7 Å². The van der Waals surface area contributed by atoms with Gasteiger partial charge in [0, 0.05) is 11.5 Å². The summed E-state index contributed by atoms with van der Waals surface area (Å²) in [5.74, 6) is -2.78. The van der Waals surface area contributed by atoms with Gasteiger partial charge in [0.15, 0.2) is 0 Å². The fourth-order valence-corrected chi connectivity index (χ4v) is 3.05. The third-order valence-electron chi connectivity index (χ3n) is 4.15. The van der Waals surface area contributed by atoms with Crippen LogP contribution in [0.4, 0.5) is 5.69 Å². The Balaban J connectivity index is 2.58. The molecule has 0 fully saturated rings. The number of hydrogen-bond acceptors (Lipinski definition) is 5. The van der Waals surface area contributed by atoms with Crippen LogP contribution in [0.1, 0.15) is 39.2 Å². The molecule has 0 radical (unpaired) electrons. The zero-order valence-electron chi connectivity index (χ0n) is 14.7. The lowest BCUT2D eigenvalue weighted by Crippen LogP contribution is -2.31. The Morgan fingerprint density at radius 2 is 1.72 bits per heavy atom. The maximum atomic E-state index is 12.3. The first-order valence-electron chi connectivity index (χ1n) is 8.11. The van der Waals surface area contributed by atoms with Gasteiger partial charge in [0.25, 0.3) is 5.69 Å². The predicted octanol–water partition coefficient (Wildman–Crippen LogP) is 4.01. The van der Waals surface area contributed by atoms with Crippen LogP contribution >= 0.6 is 0 Å². The molecule has 132 valence electrons. The molecular formula is C19H21NO5. The fourth-order valence-electron chi connectivity index (χ4n) is 3.05. The zero-order valence-corrected chi connectivity index (χ0v) is 14.7. The van der Waals surface area contributed by atoms with Crippen LogP contribution in [0.25, 0.3) is 10.8 Å². The number of benzene rings is 2. The first-order chi connectivity index (χ1) is 11.7. The Hall–Kier alpha value is -2.76. The van der Waals surface area contributed by atoms with Gasteiger partial charge in [-0.1, -0.05) is 37.3 Å². The number of fused-ring (bicyclic) bond motifs is 1. The van der Waals surface area contributed by atoms with E-state index in [1.54, 1.807) is 57.2 Å². The van der Waals surface area contributed by atoms with E-state index in [1.165, 1.54) is 6.92 Å². The average molecular weight is 343 g/mol. The van der Waals surface area contributed by atoms with Crippen LogP contribution in [0.15, 0.2) is 36.4 Å². The molecule has 0 aromatic heterocycles. The summed E-state index contributed by atoms with van der Waals surface area (Å²) in [7, 11) is 0. The molecule has 0 amide bonds. The molecule has 0 heterocycles. The molecule has 0 N–H and O–H groups in total. The summed E-state index contributed by atoms with van der Waals surface area (Å²) in [5, 5.41) is 12.9. The van der Waals surface area contributed by atoms with Gasteiger partial charge in [0.1, 0.15) is 11.7 Å². The molecule has 2 rings (SSSR count). The molecule has 25 heavy (non-hydrogen) atoms. The molecule has 0 saturated heterocycles. The molecule has 0 bridgehead atoms. The topological polar surface area (TPSA) is 86.5 Å². The smallest absolute Gasteiger partial charge is 0.317 e. The number of hydrogen-bond donors (Lipinski definition) is 0. The minimum absolute atomic E-state index is 0.0748. The Morgan fingerprint density at radius 1 is 1.08 bits per heavy atom. The van der Waals surface area contributed by atoms with Crippen molar-refractivity contribution < 1.29 is 19.2 Å². The second-order valence-corrected chi connectivity index (χ2v) is 6.34. The van der Waals surface area contributed by atoms with Gasteiger partial charge in [0.2, 0.25) is 0 Å². The molecule has 2 aromatic carbocycles. The van der Waals surface area contributed by atoms with Gasteiger partial charge in [-0.25, -0.2) is 0 Å². The Labute approximate surface area is 145 Å². The maximum Gasteiger partial charge on any atom is 0.317 e. The van der Waals surface area contributed by atoms with Crippen molar-refractivity contribution in [3.05, 3.63) is 52.1 Å². The standard InChI is InChI=1S/C19H21NO5/c1-11(2)25-19(22)17(13(4)21)12(3)15-10-9-14-7-5-6-8-16(14)18(15)20(23)24/h5-12,17H,1-4H3. The quantitative estimate of drug-likeness (QED) is 0.342. The number of ether oxygens (including phenoxy) is 1. The van der Waals surface area contributed by atoms with E-state index in [4.69, 9.17) is 4.74 Å². The van der Waals surface area contributed by atoms with Gasteiger partial charge < -0.3 is 4.74 Å². The van der Waals surface area contributed by atoms with Crippen LogP contribution < -0.4 is 0 Å². The molecule has 0 spiro atoms. The highest BCUT2D eigenvalue weighted by Crippen LogP contribution is 2.37. The normalized spacial score (nSPS) is 13.5. The number of nitro benzene ring substituents is 1. The molecule has 0 aliphatic rings. The van der Waals surface area contributed by atoms with Crippen molar-refractivity contribution in [3.63, 3.8) is 0 Å². The van der Waals surface area contributed by atoms with Crippen LogP contribution in [0, 0.1) is 16.0 Å². The largest absolute Gasteiger partial charge is 0.462 e. The Kier molecular flexibility index (Phi) is 5.51. The summed E-state index contributed by atoms with van der Waals surface area (Å²) in [4.78, 5) is 35.6. The van der Waals surface area contributed by atoms with Crippen molar-refractivity contribution in [2.24, 2.45) is 5.92 Å². The van der Waals surface area contributed by atoms with E-state index in [-0.39, 0.29) is 17.6 Å². The molecule has 2 aromatic rings. The average Bonchev–Trinajstić information content (AvgIpc) is 2.52. The van der Waals surface area contributed by atoms with Crippen LogP contribution in [0.2, 0.25) is 0 Å². The predicted molar refractivity (Wildman–Crippen MR) is 94.4 cm³/mol. The lowest BCUT2D eigenvalue weighted by atomic mass is 9.83. The number of carbonyl (C=O) groups is 2. The van der Waals surface area contributed by atoms with Crippen molar-refractivity contribution in [3.8, 4) is 0 Å². The summed E-state index contributed by atoms with van der Waals surface area (Å²) < 4.78 is 5.17. The lowest BCUT2D eigenvalue weighted by Gasteiger charge is -2.22. The summed E-state index contributed by atoms with van der Waals surface area (Å²) >= 11 is 0. The molecule has 0 aliphatic carbocycles. The molecule has 0 saturated carbocycles. The van der Waals surface area contributed by atoms with Crippen LogP contribution in [-0.2, 0) is 14.3 Å². The molecular weight excluding hydrogens is 322 g/mol. The number of nitro groups is 1. The van der Waals surface area contributed by atoms with Gasteiger partial charge in [0.05, 0.1) is 16.4 Å². The number of rotatable bonds is 6. The van der Waals surface area contributed by atoms with Gasteiger partial charge in [-0.15, -0.1) is 0 Å². The SMILES string of the molecule is CC(=O)C(C(=O)OC(C)C)C(C)c1ccc2ccccc2c1[N+](=O)[O-]. The van der Waals surface area contributed by atoms with E-state index in [2.05, 4.69) is 0 Å². The monoisotopic (exact) mass is 343 g/mol. The maximum absolute atomic E-state index is 12.3. The zero-order chi connectivity index (χ0) is 18.7. The first-order valence-corrected chi connectivity index (χ1v) is 8.11. The molecule has 0 aliphatic heterocycles. The van der Waals surface area contributed by atoms with E-state index < -0.39 is 22.7 Å². The Morgan fingerprint density at radius 3 is 2.28 bits per heavy atom. The van der Waals surface area contributed by atoms with Gasteiger partial charge >= 0.3 is 5.97 Å². The third kappa shape index (κ3) is 3.84. The van der Waals surface area contributed by atoms with Gasteiger partial charge in [-0.05, 0) is 32.2 Å². The van der Waals surface area contributed by atoms with Crippen molar-refractivity contribution in [2.75, 3.05) is 0 Å². The van der Waals surface area contributed by atoms with Crippen molar-refractivity contribution >= 4 is 28.2 Å². The van der Waals surface area contributed by atoms with Gasteiger partial charge in [-0.2, -0.15) is 0 Å². The number of nitrogens with zero attached hydrogens (tertiary/aromatic N) is 1. The minimum atomic E-state index is -1.08. The lowest BCUT2D eigenvalue weighted by molar-refractivity contribution is -0.383. The van der Waals surface area contributed by atoms with Crippen LogP contribution in [-0.4, -0.2) is 22.8 Å². The van der Waals surface area contributed by atoms with Crippen LogP contribution in [0.3, 0.4) is 0 Å². The summed E-state index contributed by atoms with van der Waals surface area (Å²) in [6, 6.07) is 10.3. The number of Topliss-reactive ketones (excluding diaryl/α,β-unsaturated/α-hetero) is 1. The highest BCUT2D eigenvalue weighted by molar-refractivity contribution is 6.00.